The molecule has 0 saturated carbocycles. The van der Waals surface area contributed by atoms with Crippen LogP contribution in [0.5, 0.6) is 5.75 Å². The van der Waals surface area contributed by atoms with E-state index in [9.17, 15) is 8.42 Å². The zero-order valence-corrected chi connectivity index (χ0v) is 14.3. The van der Waals surface area contributed by atoms with Crippen LogP contribution in [0.2, 0.25) is 0 Å². The number of hydrogen-bond donors (Lipinski definition) is 1. The Morgan fingerprint density at radius 1 is 1.29 bits per heavy atom. The Balaban J connectivity index is 3.13. The molecule has 2 N–H and O–H groups in total. The second-order valence-corrected chi connectivity index (χ2v) is 7.68. The molecule has 1 aromatic rings. The van der Waals surface area contributed by atoms with Crippen LogP contribution in [0.1, 0.15) is 32.8 Å². The quantitative estimate of drug-likeness (QED) is 0.837. The number of nitrogens with zero attached hydrogens (tertiary/aromatic N) is 1. The average molecular weight is 314 g/mol. The molecule has 6 heteroatoms. The first-order valence-corrected chi connectivity index (χ1v) is 8.53. The summed E-state index contributed by atoms with van der Waals surface area (Å²) in [4.78, 5) is 0.252. The molecule has 21 heavy (non-hydrogen) atoms. The van der Waals surface area contributed by atoms with E-state index in [0.717, 1.165) is 6.42 Å². The van der Waals surface area contributed by atoms with Crippen molar-refractivity contribution in [3.8, 4) is 5.75 Å². The van der Waals surface area contributed by atoms with Crippen molar-refractivity contribution in [1.82, 2.24) is 4.31 Å². The summed E-state index contributed by atoms with van der Waals surface area (Å²) in [5, 5.41) is 0. The molecule has 0 aliphatic rings. The second kappa shape index (κ2) is 7.24. The van der Waals surface area contributed by atoms with Gasteiger partial charge in [-0.15, -0.1) is 0 Å². The van der Waals surface area contributed by atoms with Crippen molar-refractivity contribution in [2.45, 2.75) is 44.7 Å². The van der Waals surface area contributed by atoms with Crippen LogP contribution in [0, 0.1) is 5.92 Å². The van der Waals surface area contributed by atoms with E-state index in [1.807, 2.05) is 6.92 Å². The van der Waals surface area contributed by atoms with Gasteiger partial charge in [0.15, 0.2) is 0 Å². The van der Waals surface area contributed by atoms with Gasteiger partial charge >= 0.3 is 0 Å². The lowest BCUT2D eigenvalue weighted by atomic mass is 10.1. The van der Waals surface area contributed by atoms with Gasteiger partial charge in [-0.25, -0.2) is 8.42 Å². The number of hydrogen-bond acceptors (Lipinski definition) is 4. The Bertz CT molecular complexity index is 570. The van der Waals surface area contributed by atoms with Crippen molar-refractivity contribution in [1.29, 1.82) is 0 Å². The number of rotatable bonds is 7. The first-order valence-electron chi connectivity index (χ1n) is 7.09. The highest BCUT2D eigenvalue weighted by Gasteiger charge is 2.26. The number of benzene rings is 1. The van der Waals surface area contributed by atoms with Crippen molar-refractivity contribution < 1.29 is 13.2 Å². The summed E-state index contributed by atoms with van der Waals surface area (Å²) in [6.07, 6.45) is 0.815. The minimum absolute atomic E-state index is 0.0570. The molecule has 1 atom stereocenters. The SMILES string of the molecule is COc1ccc(S(=O)(=O)N(C)C(C)CC(C)C)cc1CN. The third-order valence-electron chi connectivity index (χ3n) is 3.58. The lowest BCUT2D eigenvalue weighted by Crippen LogP contribution is -2.36. The van der Waals surface area contributed by atoms with Gasteiger partial charge in [-0.3, -0.25) is 0 Å². The third kappa shape index (κ3) is 4.18. The molecule has 0 aliphatic heterocycles. The van der Waals surface area contributed by atoms with E-state index in [2.05, 4.69) is 13.8 Å². The first-order chi connectivity index (χ1) is 9.73. The molecule has 0 amide bonds. The van der Waals surface area contributed by atoms with Gasteiger partial charge in [-0.2, -0.15) is 4.31 Å². The summed E-state index contributed by atoms with van der Waals surface area (Å²) in [5.74, 6) is 1.04. The number of sulfonamides is 1. The molecule has 0 fully saturated rings. The molecule has 0 heterocycles. The zero-order valence-electron chi connectivity index (χ0n) is 13.5. The van der Waals surface area contributed by atoms with Crippen molar-refractivity contribution in [2.24, 2.45) is 11.7 Å². The fraction of sp³-hybridized carbons (Fsp3) is 0.600. The molecule has 1 rings (SSSR count). The molecule has 5 nitrogen and oxygen atoms in total. The summed E-state index contributed by atoms with van der Waals surface area (Å²) < 4.78 is 31.9. The van der Waals surface area contributed by atoms with Gasteiger partial charge in [-0.05, 0) is 37.5 Å². The predicted octanol–water partition coefficient (Wildman–Crippen LogP) is 2.21. The van der Waals surface area contributed by atoms with Crippen LogP contribution in [0.4, 0.5) is 0 Å². The van der Waals surface area contributed by atoms with E-state index < -0.39 is 10.0 Å². The monoisotopic (exact) mass is 314 g/mol. The van der Waals surface area contributed by atoms with Gasteiger partial charge in [0.05, 0.1) is 12.0 Å². The first kappa shape index (κ1) is 17.9. The Morgan fingerprint density at radius 2 is 1.90 bits per heavy atom. The smallest absolute Gasteiger partial charge is 0.243 e. The predicted molar refractivity (Wildman–Crippen MR) is 84.8 cm³/mol. The highest BCUT2D eigenvalue weighted by molar-refractivity contribution is 7.89. The lowest BCUT2D eigenvalue weighted by Gasteiger charge is -2.26. The van der Waals surface area contributed by atoms with Gasteiger partial charge in [-0.1, -0.05) is 13.8 Å². The number of methoxy groups -OCH3 is 1. The normalized spacial score (nSPS) is 13.7. The summed E-state index contributed by atoms with van der Waals surface area (Å²) in [6, 6.07) is 4.74. The molecule has 1 unspecified atom stereocenters. The minimum Gasteiger partial charge on any atom is -0.496 e. The van der Waals surface area contributed by atoms with Crippen molar-refractivity contribution >= 4 is 10.0 Å². The van der Waals surface area contributed by atoms with Crippen molar-refractivity contribution in [3.05, 3.63) is 23.8 Å². The molecule has 0 spiro atoms. The zero-order chi connectivity index (χ0) is 16.2. The molecular weight excluding hydrogens is 288 g/mol. The van der Waals surface area contributed by atoms with Gasteiger partial charge in [0.2, 0.25) is 10.0 Å². The molecule has 1 aromatic carbocycles. The van der Waals surface area contributed by atoms with Crippen molar-refractivity contribution in [2.75, 3.05) is 14.2 Å². The summed E-state index contributed by atoms with van der Waals surface area (Å²) in [6.45, 7) is 6.32. The van der Waals surface area contributed by atoms with Crippen LogP contribution in [0.15, 0.2) is 23.1 Å². The highest BCUT2D eigenvalue weighted by atomic mass is 32.2. The molecule has 0 bridgehead atoms. The van der Waals surface area contributed by atoms with E-state index in [4.69, 9.17) is 10.5 Å². The van der Waals surface area contributed by atoms with E-state index in [-0.39, 0.29) is 17.5 Å². The van der Waals surface area contributed by atoms with E-state index in [1.54, 1.807) is 32.4 Å². The highest BCUT2D eigenvalue weighted by Crippen LogP contribution is 2.25. The van der Waals surface area contributed by atoms with Crippen molar-refractivity contribution in [3.63, 3.8) is 0 Å². The van der Waals surface area contributed by atoms with Crippen LogP contribution >= 0.6 is 0 Å². The maximum atomic E-state index is 12.7. The summed E-state index contributed by atoms with van der Waals surface area (Å²) >= 11 is 0. The Hall–Kier alpha value is -1.11. The van der Waals surface area contributed by atoms with E-state index >= 15 is 0 Å². The maximum Gasteiger partial charge on any atom is 0.243 e. The topological polar surface area (TPSA) is 72.6 Å². The molecule has 0 aliphatic carbocycles. The third-order valence-corrected chi connectivity index (χ3v) is 5.55. The molecule has 0 saturated heterocycles. The van der Waals surface area contributed by atoms with Crippen LogP contribution in [-0.4, -0.2) is 32.9 Å². The van der Waals surface area contributed by atoms with Gasteiger partial charge in [0.25, 0.3) is 0 Å². The Labute approximate surface area is 128 Å². The molecular formula is C15H26N2O3S. The van der Waals surface area contributed by atoms with Crippen LogP contribution in [-0.2, 0) is 16.6 Å². The van der Waals surface area contributed by atoms with E-state index in [1.165, 1.54) is 4.31 Å². The Kier molecular flexibility index (Phi) is 6.19. The summed E-state index contributed by atoms with van der Waals surface area (Å²) in [7, 11) is -0.358. The van der Waals surface area contributed by atoms with Gasteiger partial charge in [0, 0.05) is 25.2 Å². The minimum atomic E-state index is -3.52. The van der Waals surface area contributed by atoms with E-state index in [0.29, 0.717) is 17.2 Å². The number of nitrogens with two attached hydrogens (primary N) is 1. The maximum absolute atomic E-state index is 12.7. The second-order valence-electron chi connectivity index (χ2n) is 5.68. The fourth-order valence-corrected chi connectivity index (χ4v) is 3.73. The summed E-state index contributed by atoms with van der Waals surface area (Å²) in [5.41, 5.74) is 6.34. The molecule has 0 radical (unpaired) electrons. The standard InChI is InChI=1S/C15H26N2O3S/c1-11(2)8-12(3)17(4)21(18,19)14-6-7-15(20-5)13(9-14)10-16/h6-7,9,11-12H,8,10,16H2,1-5H3. The number of ether oxygens (including phenoxy) is 1. The van der Waals surface area contributed by atoms with Crippen LogP contribution in [0.3, 0.4) is 0 Å². The molecule has 0 aromatic heterocycles. The molecule has 120 valence electrons. The fourth-order valence-electron chi connectivity index (χ4n) is 2.31. The largest absolute Gasteiger partial charge is 0.496 e. The van der Waals surface area contributed by atoms with Crippen LogP contribution in [0.25, 0.3) is 0 Å². The lowest BCUT2D eigenvalue weighted by molar-refractivity contribution is 0.337. The van der Waals surface area contributed by atoms with Gasteiger partial charge in [0.1, 0.15) is 5.75 Å². The average Bonchev–Trinajstić information content (AvgIpc) is 2.44. The Morgan fingerprint density at radius 3 is 2.38 bits per heavy atom. The van der Waals surface area contributed by atoms with Gasteiger partial charge < -0.3 is 10.5 Å². The van der Waals surface area contributed by atoms with Crippen LogP contribution < -0.4 is 10.5 Å².